The van der Waals surface area contributed by atoms with Gasteiger partial charge in [0.1, 0.15) is 11.6 Å². The van der Waals surface area contributed by atoms with E-state index in [9.17, 15) is 4.79 Å². The van der Waals surface area contributed by atoms with Gasteiger partial charge in [-0.05, 0) is 35.7 Å². The molecule has 3 nitrogen and oxygen atoms in total. The lowest BCUT2D eigenvalue weighted by atomic mass is 10.1. The quantitative estimate of drug-likeness (QED) is 0.866. The molecule has 20 heavy (non-hydrogen) atoms. The number of pyridine rings is 1. The lowest BCUT2D eigenvalue weighted by Gasteiger charge is -2.16. The molecule has 0 aliphatic carbocycles. The van der Waals surface area contributed by atoms with Crippen LogP contribution in [0.25, 0.3) is 0 Å². The molecule has 1 aromatic heterocycles. The highest BCUT2D eigenvalue weighted by molar-refractivity contribution is 6.30. The van der Waals surface area contributed by atoms with Crippen molar-refractivity contribution in [1.29, 1.82) is 5.26 Å². The van der Waals surface area contributed by atoms with Crippen molar-refractivity contribution in [2.24, 2.45) is 0 Å². The second kappa shape index (κ2) is 5.94. The molecule has 0 fully saturated rings. The van der Waals surface area contributed by atoms with Crippen LogP contribution >= 0.6 is 11.6 Å². The SMILES string of the molecule is CC(C)c1ccc(C#N)c(=O)n1Cc1ccc(Cl)cc1. The van der Waals surface area contributed by atoms with Crippen molar-refractivity contribution in [2.75, 3.05) is 0 Å². The molecule has 0 saturated carbocycles. The van der Waals surface area contributed by atoms with Gasteiger partial charge in [-0.15, -0.1) is 0 Å². The second-order valence-electron chi connectivity index (χ2n) is 4.96. The van der Waals surface area contributed by atoms with Crippen LogP contribution in [0.15, 0.2) is 41.2 Å². The Morgan fingerprint density at radius 1 is 1.20 bits per heavy atom. The molecule has 0 saturated heterocycles. The monoisotopic (exact) mass is 286 g/mol. The van der Waals surface area contributed by atoms with Crippen LogP contribution in [0.5, 0.6) is 0 Å². The van der Waals surface area contributed by atoms with E-state index in [0.717, 1.165) is 11.3 Å². The molecule has 0 atom stereocenters. The highest BCUT2D eigenvalue weighted by Crippen LogP contribution is 2.16. The summed E-state index contributed by atoms with van der Waals surface area (Å²) in [4.78, 5) is 12.3. The molecule has 2 rings (SSSR count). The first-order valence-corrected chi connectivity index (χ1v) is 6.79. The molecule has 2 aromatic rings. The standard InChI is InChI=1S/C16H15ClN2O/c1-11(2)15-8-5-13(9-18)16(20)19(15)10-12-3-6-14(17)7-4-12/h3-8,11H,10H2,1-2H3. The Balaban J connectivity index is 2.51. The highest BCUT2D eigenvalue weighted by Gasteiger charge is 2.11. The van der Waals surface area contributed by atoms with Crippen LogP contribution in [-0.2, 0) is 6.54 Å². The van der Waals surface area contributed by atoms with Crippen LogP contribution in [-0.4, -0.2) is 4.57 Å². The molecule has 0 spiro atoms. The van der Waals surface area contributed by atoms with Crippen LogP contribution in [0.3, 0.4) is 0 Å². The third-order valence-corrected chi connectivity index (χ3v) is 3.43. The van der Waals surface area contributed by atoms with Gasteiger partial charge in [-0.1, -0.05) is 37.6 Å². The molecule has 102 valence electrons. The van der Waals surface area contributed by atoms with E-state index in [0.29, 0.717) is 11.6 Å². The van der Waals surface area contributed by atoms with Crippen LogP contribution in [0, 0.1) is 11.3 Å². The van der Waals surface area contributed by atoms with Gasteiger partial charge in [0.05, 0.1) is 6.54 Å². The van der Waals surface area contributed by atoms with Gasteiger partial charge < -0.3 is 4.57 Å². The molecule has 0 bridgehead atoms. The van der Waals surface area contributed by atoms with Crippen LogP contribution in [0.1, 0.15) is 36.6 Å². The zero-order chi connectivity index (χ0) is 14.7. The molecular weight excluding hydrogens is 272 g/mol. The number of hydrogen-bond donors (Lipinski definition) is 0. The summed E-state index contributed by atoms with van der Waals surface area (Å²) in [5.41, 5.74) is 1.83. The zero-order valence-electron chi connectivity index (χ0n) is 11.4. The molecule has 1 aromatic carbocycles. The lowest BCUT2D eigenvalue weighted by molar-refractivity contribution is 0.657. The van der Waals surface area contributed by atoms with Crippen LogP contribution in [0.4, 0.5) is 0 Å². The fraction of sp³-hybridized carbons (Fsp3) is 0.250. The van der Waals surface area contributed by atoms with Gasteiger partial charge in [-0.25, -0.2) is 0 Å². The van der Waals surface area contributed by atoms with Gasteiger partial charge >= 0.3 is 0 Å². The molecule has 0 radical (unpaired) electrons. The number of aromatic nitrogens is 1. The van der Waals surface area contributed by atoms with Crippen molar-refractivity contribution < 1.29 is 0 Å². The van der Waals surface area contributed by atoms with E-state index in [1.807, 2.05) is 38.1 Å². The number of nitriles is 1. The van der Waals surface area contributed by atoms with E-state index in [1.54, 1.807) is 22.8 Å². The van der Waals surface area contributed by atoms with E-state index in [-0.39, 0.29) is 17.0 Å². The first kappa shape index (κ1) is 14.4. The van der Waals surface area contributed by atoms with Crippen molar-refractivity contribution in [3.8, 4) is 6.07 Å². The molecule has 4 heteroatoms. The number of nitrogens with zero attached hydrogens (tertiary/aromatic N) is 2. The van der Waals surface area contributed by atoms with E-state index >= 15 is 0 Å². The number of benzene rings is 1. The lowest BCUT2D eigenvalue weighted by Crippen LogP contribution is -2.26. The van der Waals surface area contributed by atoms with Crippen molar-refractivity contribution in [3.05, 3.63) is 68.6 Å². The summed E-state index contributed by atoms with van der Waals surface area (Å²) in [7, 11) is 0. The van der Waals surface area contributed by atoms with Gasteiger partial charge in [-0.3, -0.25) is 4.79 Å². The predicted octanol–water partition coefficient (Wildman–Crippen LogP) is 3.55. The summed E-state index contributed by atoms with van der Waals surface area (Å²) < 4.78 is 1.66. The smallest absolute Gasteiger partial charge is 0.268 e. The van der Waals surface area contributed by atoms with E-state index in [1.165, 1.54) is 0 Å². The van der Waals surface area contributed by atoms with Crippen LogP contribution in [0.2, 0.25) is 5.02 Å². The maximum Gasteiger partial charge on any atom is 0.268 e. The Hall–Kier alpha value is -2.05. The molecule has 0 amide bonds. The first-order chi connectivity index (χ1) is 9.52. The summed E-state index contributed by atoms with van der Waals surface area (Å²) in [5, 5.41) is 9.66. The summed E-state index contributed by atoms with van der Waals surface area (Å²) >= 11 is 5.86. The summed E-state index contributed by atoms with van der Waals surface area (Å²) in [6, 6.07) is 12.8. The molecule has 0 unspecified atom stereocenters. The van der Waals surface area contributed by atoms with Gasteiger partial charge in [0.2, 0.25) is 0 Å². The van der Waals surface area contributed by atoms with Gasteiger partial charge in [0.15, 0.2) is 0 Å². The number of rotatable bonds is 3. The average molecular weight is 287 g/mol. The maximum absolute atomic E-state index is 12.3. The van der Waals surface area contributed by atoms with E-state index < -0.39 is 0 Å². The average Bonchev–Trinajstić information content (AvgIpc) is 2.43. The zero-order valence-corrected chi connectivity index (χ0v) is 12.2. The highest BCUT2D eigenvalue weighted by atomic mass is 35.5. The van der Waals surface area contributed by atoms with Gasteiger partial charge in [0.25, 0.3) is 5.56 Å². The Morgan fingerprint density at radius 2 is 1.85 bits per heavy atom. The second-order valence-corrected chi connectivity index (χ2v) is 5.39. The van der Waals surface area contributed by atoms with Crippen molar-refractivity contribution in [3.63, 3.8) is 0 Å². The van der Waals surface area contributed by atoms with Crippen LogP contribution < -0.4 is 5.56 Å². The topological polar surface area (TPSA) is 45.8 Å². The Labute approximate surface area is 123 Å². The fourth-order valence-electron chi connectivity index (χ4n) is 2.12. The minimum Gasteiger partial charge on any atom is -0.307 e. The normalized spacial score (nSPS) is 10.6. The summed E-state index contributed by atoms with van der Waals surface area (Å²) in [6.45, 7) is 4.50. The molecule has 0 aliphatic rings. The van der Waals surface area contributed by atoms with E-state index in [4.69, 9.17) is 16.9 Å². The molecule has 0 aliphatic heterocycles. The predicted molar refractivity (Wildman–Crippen MR) is 80.1 cm³/mol. The Kier molecular flexibility index (Phi) is 4.26. The third-order valence-electron chi connectivity index (χ3n) is 3.17. The maximum atomic E-state index is 12.3. The number of hydrogen-bond acceptors (Lipinski definition) is 2. The molecular formula is C16H15ClN2O. The largest absolute Gasteiger partial charge is 0.307 e. The minimum absolute atomic E-state index is 0.170. The summed E-state index contributed by atoms with van der Waals surface area (Å²) in [5.74, 6) is 0.211. The first-order valence-electron chi connectivity index (χ1n) is 6.41. The van der Waals surface area contributed by atoms with Crippen molar-refractivity contribution >= 4 is 11.6 Å². The molecule has 1 heterocycles. The van der Waals surface area contributed by atoms with E-state index in [2.05, 4.69) is 0 Å². The van der Waals surface area contributed by atoms with Crippen molar-refractivity contribution in [1.82, 2.24) is 4.57 Å². The number of halogens is 1. The Morgan fingerprint density at radius 3 is 2.40 bits per heavy atom. The summed E-state index contributed by atoms with van der Waals surface area (Å²) in [6.07, 6.45) is 0. The fourth-order valence-corrected chi connectivity index (χ4v) is 2.24. The molecule has 0 N–H and O–H groups in total. The van der Waals surface area contributed by atoms with Gasteiger partial charge in [0, 0.05) is 10.7 Å². The Bertz CT molecular complexity index is 709. The van der Waals surface area contributed by atoms with Gasteiger partial charge in [-0.2, -0.15) is 5.26 Å². The van der Waals surface area contributed by atoms with Crippen molar-refractivity contribution in [2.45, 2.75) is 26.3 Å². The minimum atomic E-state index is -0.242. The third kappa shape index (κ3) is 2.92.